The van der Waals surface area contributed by atoms with Crippen molar-refractivity contribution in [1.82, 2.24) is 9.88 Å². The lowest BCUT2D eigenvalue weighted by atomic mass is 9.93. The van der Waals surface area contributed by atoms with Gasteiger partial charge in [0, 0.05) is 41.4 Å². The number of nitrogens with zero attached hydrogens (tertiary/aromatic N) is 3. The van der Waals surface area contributed by atoms with Gasteiger partial charge < -0.3 is 19.1 Å². The summed E-state index contributed by atoms with van der Waals surface area (Å²) in [5, 5.41) is 0. The highest BCUT2D eigenvalue weighted by atomic mass is 19.2. The van der Waals surface area contributed by atoms with Gasteiger partial charge in [-0.15, -0.1) is 0 Å². The molecular formula is C35H31F4N3O5. The van der Waals surface area contributed by atoms with Gasteiger partial charge in [-0.25, -0.2) is 32.1 Å². The van der Waals surface area contributed by atoms with Gasteiger partial charge in [0.15, 0.2) is 17.5 Å². The largest absolute Gasteiger partial charge is 0.496 e. The number of aryl methyl sites for hydroxylation is 1. The van der Waals surface area contributed by atoms with Crippen LogP contribution in [0.5, 0.6) is 5.75 Å². The molecule has 2 fully saturated rings. The Morgan fingerprint density at radius 1 is 0.915 bits per heavy atom. The number of hydrogen-bond acceptors (Lipinski definition) is 7. The molecule has 0 bridgehead atoms. The second kappa shape index (κ2) is 12.6. The monoisotopic (exact) mass is 649 g/mol. The highest BCUT2D eigenvalue weighted by Crippen LogP contribution is 2.41. The van der Waals surface area contributed by atoms with E-state index in [1.807, 2.05) is 12.1 Å². The maximum absolute atomic E-state index is 15.6. The first-order chi connectivity index (χ1) is 22.5. The quantitative estimate of drug-likeness (QED) is 0.112. The number of pyridine rings is 1. The van der Waals surface area contributed by atoms with Crippen molar-refractivity contribution >= 4 is 17.9 Å². The van der Waals surface area contributed by atoms with Crippen molar-refractivity contribution in [3.05, 3.63) is 100 Å². The number of hydrogen-bond donors (Lipinski definition) is 0. The van der Waals surface area contributed by atoms with E-state index in [9.17, 15) is 22.8 Å². The van der Waals surface area contributed by atoms with Crippen LogP contribution in [0.4, 0.5) is 28.2 Å². The normalized spacial score (nSPS) is 17.4. The Morgan fingerprint density at radius 3 is 2.23 bits per heavy atom. The fraction of sp³-hybridized carbons (Fsp3) is 0.286. The predicted octanol–water partition coefficient (Wildman–Crippen LogP) is 7.37. The summed E-state index contributed by atoms with van der Waals surface area (Å²) in [6.45, 7) is 4.97. The number of anilines is 1. The summed E-state index contributed by atoms with van der Waals surface area (Å²) in [5.74, 6) is -4.54. The van der Waals surface area contributed by atoms with Crippen molar-refractivity contribution in [1.29, 1.82) is 0 Å². The number of carbonyl (C=O) groups is 2. The molecule has 2 atom stereocenters. The number of rotatable bonds is 8. The second-order valence-corrected chi connectivity index (χ2v) is 11.5. The molecule has 12 heteroatoms. The first kappa shape index (κ1) is 31.8. The van der Waals surface area contributed by atoms with Gasteiger partial charge in [-0.05, 0) is 73.9 Å². The molecule has 6 rings (SSSR count). The molecule has 0 saturated carbocycles. The average Bonchev–Trinajstić information content (AvgIpc) is 3.31. The van der Waals surface area contributed by atoms with Crippen molar-refractivity contribution in [3.63, 3.8) is 0 Å². The van der Waals surface area contributed by atoms with E-state index in [1.165, 1.54) is 25.2 Å². The smallest absolute Gasteiger partial charge is 0.411 e. The molecule has 8 nitrogen and oxygen atoms in total. The first-order valence-electron chi connectivity index (χ1n) is 14.9. The van der Waals surface area contributed by atoms with E-state index in [4.69, 9.17) is 19.2 Å². The predicted molar refractivity (Wildman–Crippen MR) is 165 cm³/mol. The Bertz CT molecular complexity index is 1870. The zero-order valence-corrected chi connectivity index (χ0v) is 26.1. The SMILES string of the molecule is COC(=O)c1ccc(-c2cc(-c3ccc(N4CCC4)nc3CN3C(=O)O[C@H](c4cc(F)c(F)c(F)c4)[C@@H]3C)c(OC)cc2F)c(C)c1. The third-order valence-corrected chi connectivity index (χ3v) is 8.70. The topological polar surface area (TPSA) is 81.2 Å². The maximum atomic E-state index is 15.6. The molecule has 2 aliphatic heterocycles. The summed E-state index contributed by atoms with van der Waals surface area (Å²) < 4.78 is 73.4. The van der Waals surface area contributed by atoms with Crippen LogP contribution < -0.4 is 9.64 Å². The molecule has 0 spiro atoms. The maximum Gasteiger partial charge on any atom is 0.411 e. The number of esters is 1. The Balaban J connectivity index is 1.42. The van der Waals surface area contributed by atoms with Crippen LogP contribution in [0.3, 0.4) is 0 Å². The highest BCUT2D eigenvalue weighted by Gasteiger charge is 2.41. The van der Waals surface area contributed by atoms with Crippen LogP contribution in [0.25, 0.3) is 22.3 Å². The minimum atomic E-state index is -1.61. The van der Waals surface area contributed by atoms with E-state index in [1.54, 1.807) is 38.1 Å². The molecule has 1 amide bonds. The second-order valence-electron chi connectivity index (χ2n) is 11.5. The molecular weight excluding hydrogens is 618 g/mol. The molecule has 0 radical (unpaired) electrons. The lowest BCUT2D eigenvalue weighted by Crippen LogP contribution is -2.38. The summed E-state index contributed by atoms with van der Waals surface area (Å²) in [6, 6.07) is 12.3. The van der Waals surface area contributed by atoms with Gasteiger partial charge >= 0.3 is 12.1 Å². The summed E-state index contributed by atoms with van der Waals surface area (Å²) in [7, 11) is 2.70. The molecule has 244 valence electrons. The van der Waals surface area contributed by atoms with Gasteiger partial charge in [0.2, 0.25) is 0 Å². The van der Waals surface area contributed by atoms with Crippen LogP contribution >= 0.6 is 0 Å². The van der Waals surface area contributed by atoms with E-state index >= 15 is 4.39 Å². The lowest BCUT2D eigenvalue weighted by molar-refractivity contribution is 0.0600. The van der Waals surface area contributed by atoms with Crippen molar-refractivity contribution in [2.45, 2.75) is 39.0 Å². The number of cyclic esters (lactones) is 1. The van der Waals surface area contributed by atoms with Gasteiger partial charge in [-0.3, -0.25) is 4.90 Å². The molecule has 47 heavy (non-hydrogen) atoms. The average molecular weight is 650 g/mol. The van der Waals surface area contributed by atoms with Crippen LogP contribution in [0.1, 0.15) is 46.6 Å². The number of ether oxygens (including phenoxy) is 3. The molecule has 2 aliphatic rings. The molecule has 3 heterocycles. The minimum Gasteiger partial charge on any atom is -0.496 e. The van der Waals surface area contributed by atoms with Crippen LogP contribution in [0.15, 0.2) is 54.6 Å². The van der Waals surface area contributed by atoms with E-state index in [2.05, 4.69) is 4.90 Å². The Labute approximate surface area is 268 Å². The molecule has 3 aromatic carbocycles. The Morgan fingerprint density at radius 2 is 1.62 bits per heavy atom. The van der Waals surface area contributed by atoms with Crippen LogP contribution in [-0.4, -0.2) is 55.3 Å². The molecule has 0 N–H and O–H groups in total. The summed E-state index contributed by atoms with van der Waals surface area (Å²) >= 11 is 0. The zero-order valence-electron chi connectivity index (χ0n) is 26.1. The number of methoxy groups -OCH3 is 2. The van der Waals surface area contributed by atoms with Crippen LogP contribution in [-0.2, 0) is 16.0 Å². The van der Waals surface area contributed by atoms with Crippen molar-refractivity contribution in [2.24, 2.45) is 0 Å². The molecule has 0 aliphatic carbocycles. The van der Waals surface area contributed by atoms with Gasteiger partial charge in [-0.2, -0.15) is 0 Å². The van der Waals surface area contributed by atoms with Crippen molar-refractivity contribution < 1.29 is 41.4 Å². The van der Waals surface area contributed by atoms with Gasteiger partial charge in [0.25, 0.3) is 0 Å². The summed E-state index contributed by atoms with van der Waals surface area (Å²) in [5.41, 5.74) is 3.24. The number of benzene rings is 3. The van der Waals surface area contributed by atoms with E-state index in [0.29, 0.717) is 39.3 Å². The van der Waals surface area contributed by atoms with Gasteiger partial charge in [-0.1, -0.05) is 6.07 Å². The molecule has 1 aromatic heterocycles. The van der Waals surface area contributed by atoms with Crippen molar-refractivity contribution in [3.8, 4) is 28.0 Å². The number of amides is 1. The molecule has 2 saturated heterocycles. The Kier molecular flexibility index (Phi) is 8.52. The minimum absolute atomic E-state index is 0.0225. The van der Waals surface area contributed by atoms with Crippen molar-refractivity contribution in [2.75, 3.05) is 32.2 Å². The number of aromatic nitrogens is 1. The Hall–Kier alpha value is -5.13. The first-order valence-corrected chi connectivity index (χ1v) is 14.9. The number of halogens is 4. The fourth-order valence-corrected chi connectivity index (χ4v) is 5.99. The van der Waals surface area contributed by atoms with E-state index in [-0.39, 0.29) is 23.4 Å². The third-order valence-electron chi connectivity index (χ3n) is 8.70. The van der Waals surface area contributed by atoms with E-state index in [0.717, 1.165) is 31.6 Å². The van der Waals surface area contributed by atoms with Gasteiger partial charge in [0.05, 0.1) is 38.1 Å². The van der Waals surface area contributed by atoms with Gasteiger partial charge in [0.1, 0.15) is 23.5 Å². The standard InChI is InChI=1S/C35H31F4N3O5/c1-18-12-20(34(43)46-4)6-7-22(18)24-15-25(30(45-3)16-26(24)36)23-8-9-31(41-10-5-11-41)40-29(23)17-42-19(2)33(47-35(42)44)21-13-27(37)32(39)28(38)14-21/h6-9,12-16,19,33H,5,10-11,17H2,1-4H3/t19-,33-/m0/s1. The van der Waals surface area contributed by atoms with Crippen LogP contribution in [0, 0.1) is 30.2 Å². The van der Waals surface area contributed by atoms with Crippen LogP contribution in [0.2, 0.25) is 0 Å². The number of carbonyl (C=O) groups excluding carboxylic acids is 2. The third kappa shape index (κ3) is 5.84. The molecule has 4 aromatic rings. The lowest BCUT2D eigenvalue weighted by Gasteiger charge is -2.33. The van der Waals surface area contributed by atoms with E-state index < -0.39 is 47.5 Å². The zero-order chi connectivity index (χ0) is 33.6. The fourth-order valence-electron chi connectivity index (χ4n) is 5.99. The summed E-state index contributed by atoms with van der Waals surface area (Å²) in [4.78, 5) is 33.6. The highest BCUT2D eigenvalue weighted by molar-refractivity contribution is 5.91. The summed E-state index contributed by atoms with van der Waals surface area (Å²) in [6.07, 6.45) is -0.816. The molecule has 0 unspecified atom stereocenters.